The molecule has 2 rings (SSSR count). The van der Waals surface area contributed by atoms with Crippen molar-refractivity contribution in [2.45, 2.75) is 33.2 Å². The summed E-state index contributed by atoms with van der Waals surface area (Å²) in [7, 11) is 0. The Bertz CT molecular complexity index is 692. The van der Waals surface area contributed by atoms with Gasteiger partial charge in [-0.05, 0) is 30.4 Å². The molecule has 7 heteroatoms. The number of nitrogens with one attached hydrogen (secondary N) is 1. The Labute approximate surface area is 158 Å². The number of carboxylic acid groups (broad SMARTS) is 1. The molecule has 3 atom stereocenters. The van der Waals surface area contributed by atoms with E-state index in [1.54, 1.807) is 29.2 Å². The van der Waals surface area contributed by atoms with Gasteiger partial charge in [0.2, 0.25) is 5.91 Å². The van der Waals surface area contributed by atoms with Crippen LogP contribution in [0.5, 0.6) is 0 Å². The minimum absolute atomic E-state index is 0.110. The Balaban J connectivity index is 2.10. The molecule has 0 aromatic heterocycles. The largest absolute Gasteiger partial charge is 0.481 e. The molecule has 1 aliphatic rings. The van der Waals surface area contributed by atoms with Crippen LogP contribution in [0.1, 0.15) is 37.6 Å². The number of likely N-dealkylation sites (tertiary alicyclic amines) is 1. The summed E-state index contributed by atoms with van der Waals surface area (Å²) in [4.78, 5) is 38.4. The van der Waals surface area contributed by atoms with Crippen molar-refractivity contribution < 1.29 is 19.5 Å². The summed E-state index contributed by atoms with van der Waals surface area (Å²) in [6.45, 7) is 6.32. The highest BCUT2D eigenvalue weighted by atomic mass is 35.5. The fourth-order valence-electron chi connectivity index (χ4n) is 3.29. The van der Waals surface area contributed by atoms with Crippen LogP contribution in [0.25, 0.3) is 0 Å². The highest BCUT2D eigenvalue weighted by Crippen LogP contribution is 2.25. The minimum Gasteiger partial charge on any atom is -0.481 e. The number of benzene rings is 1. The number of carbonyl (C=O) groups is 3. The van der Waals surface area contributed by atoms with Gasteiger partial charge in [0.05, 0.1) is 16.5 Å². The molecule has 2 amide bonds. The Morgan fingerprint density at radius 3 is 2.46 bits per heavy atom. The molecular weight excluding hydrogens is 356 g/mol. The number of amides is 2. The highest BCUT2D eigenvalue weighted by Gasteiger charge is 2.36. The predicted octanol–water partition coefficient (Wildman–Crippen LogP) is 2.66. The molecule has 1 heterocycles. The lowest BCUT2D eigenvalue weighted by Crippen LogP contribution is -2.54. The third-order valence-corrected chi connectivity index (χ3v) is 5.20. The highest BCUT2D eigenvalue weighted by molar-refractivity contribution is 6.33. The van der Waals surface area contributed by atoms with Gasteiger partial charge in [-0.1, -0.05) is 44.5 Å². The number of nitrogens with zero attached hydrogens (tertiary/aromatic N) is 1. The molecule has 1 aromatic rings. The van der Waals surface area contributed by atoms with Gasteiger partial charge in [-0.3, -0.25) is 14.4 Å². The second-order valence-corrected chi connectivity index (χ2v) is 7.58. The van der Waals surface area contributed by atoms with Crippen molar-refractivity contribution >= 4 is 29.4 Å². The zero-order chi connectivity index (χ0) is 19.4. The van der Waals surface area contributed by atoms with Crippen molar-refractivity contribution in [3.05, 3.63) is 34.9 Å². The lowest BCUT2D eigenvalue weighted by Gasteiger charge is -2.37. The van der Waals surface area contributed by atoms with Crippen molar-refractivity contribution in [2.24, 2.45) is 17.8 Å². The third-order valence-electron chi connectivity index (χ3n) is 4.87. The number of hydrogen-bond donors (Lipinski definition) is 2. The van der Waals surface area contributed by atoms with Gasteiger partial charge in [0, 0.05) is 13.1 Å². The van der Waals surface area contributed by atoms with E-state index in [0.717, 1.165) is 0 Å². The normalized spacial score (nSPS) is 21.3. The van der Waals surface area contributed by atoms with Crippen molar-refractivity contribution in [1.82, 2.24) is 10.2 Å². The summed E-state index contributed by atoms with van der Waals surface area (Å²) in [5, 5.41) is 12.3. The zero-order valence-corrected chi connectivity index (χ0v) is 16.0. The summed E-state index contributed by atoms with van der Waals surface area (Å²) in [6, 6.07) is 6.00. The summed E-state index contributed by atoms with van der Waals surface area (Å²) < 4.78 is 0. The van der Waals surface area contributed by atoms with Gasteiger partial charge in [-0.2, -0.15) is 0 Å². The monoisotopic (exact) mass is 380 g/mol. The molecule has 2 N–H and O–H groups in total. The molecule has 1 saturated heterocycles. The van der Waals surface area contributed by atoms with Crippen LogP contribution >= 0.6 is 11.6 Å². The van der Waals surface area contributed by atoms with E-state index in [0.29, 0.717) is 30.1 Å². The van der Waals surface area contributed by atoms with Crippen molar-refractivity contribution in [3.8, 4) is 0 Å². The van der Waals surface area contributed by atoms with E-state index in [4.69, 9.17) is 11.6 Å². The first-order valence-electron chi connectivity index (χ1n) is 8.79. The second kappa shape index (κ2) is 8.54. The van der Waals surface area contributed by atoms with Gasteiger partial charge in [0.15, 0.2) is 0 Å². The fourth-order valence-corrected chi connectivity index (χ4v) is 3.51. The van der Waals surface area contributed by atoms with Crippen LogP contribution in [0, 0.1) is 17.8 Å². The average molecular weight is 381 g/mol. The summed E-state index contributed by atoms with van der Waals surface area (Å²) in [6.07, 6.45) is 0.422. The third kappa shape index (κ3) is 4.55. The molecule has 1 aromatic carbocycles. The molecule has 0 bridgehead atoms. The quantitative estimate of drug-likeness (QED) is 0.822. The van der Waals surface area contributed by atoms with Gasteiger partial charge >= 0.3 is 5.97 Å². The smallest absolute Gasteiger partial charge is 0.306 e. The maximum atomic E-state index is 12.9. The molecule has 0 saturated carbocycles. The summed E-state index contributed by atoms with van der Waals surface area (Å²) >= 11 is 6.06. The van der Waals surface area contributed by atoms with Gasteiger partial charge < -0.3 is 15.3 Å². The van der Waals surface area contributed by atoms with Crippen LogP contribution < -0.4 is 5.32 Å². The average Bonchev–Trinajstić information content (AvgIpc) is 2.58. The number of carboxylic acids is 1. The van der Waals surface area contributed by atoms with Crippen LogP contribution in [0.4, 0.5) is 0 Å². The molecule has 1 fully saturated rings. The fraction of sp³-hybridized carbons (Fsp3) is 0.526. The predicted molar refractivity (Wildman–Crippen MR) is 99.0 cm³/mol. The molecule has 0 aliphatic carbocycles. The maximum absolute atomic E-state index is 12.9. The van der Waals surface area contributed by atoms with Crippen molar-refractivity contribution in [2.75, 3.05) is 13.1 Å². The minimum atomic E-state index is -0.822. The molecular formula is C19H25ClN2O4. The second-order valence-electron chi connectivity index (χ2n) is 7.17. The lowest BCUT2D eigenvalue weighted by atomic mass is 9.86. The Kier molecular flexibility index (Phi) is 6.64. The molecule has 6 nitrogen and oxygen atoms in total. The van der Waals surface area contributed by atoms with Crippen LogP contribution in [0.2, 0.25) is 5.02 Å². The van der Waals surface area contributed by atoms with Crippen LogP contribution in [0.15, 0.2) is 24.3 Å². The van der Waals surface area contributed by atoms with Gasteiger partial charge in [0.25, 0.3) is 5.91 Å². The first-order valence-corrected chi connectivity index (χ1v) is 9.17. The van der Waals surface area contributed by atoms with Gasteiger partial charge in [-0.15, -0.1) is 0 Å². The van der Waals surface area contributed by atoms with E-state index in [-0.39, 0.29) is 17.7 Å². The zero-order valence-electron chi connectivity index (χ0n) is 15.2. The molecule has 0 radical (unpaired) electrons. The number of hydrogen-bond acceptors (Lipinski definition) is 3. The Hall–Kier alpha value is -2.08. The number of piperidine rings is 1. The number of rotatable bonds is 5. The molecule has 1 aliphatic heterocycles. The summed E-state index contributed by atoms with van der Waals surface area (Å²) in [5.41, 5.74) is 0.325. The van der Waals surface area contributed by atoms with E-state index in [1.807, 2.05) is 20.8 Å². The number of carbonyl (C=O) groups excluding carboxylic acids is 2. The van der Waals surface area contributed by atoms with Crippen molar-refractivity contribution in [1.29, 1.82) is 0 Å². The SMILES string of the molecule is CC(C)C(NC(=O)c1ccccc1Cl)C(=O)N1CCC(C(=O)O)C(C)C1. The summed E-state index contributed by atoms with van der Waals surface area (Å²) in [5.74, 6) is -2.07. The van der Waals surface area contributed by atoms with E-state index < -0.39 is 23.8 Å². The van der Waals surface area contributed by atoms with E-state index >= 15 is 0 Å². The molecule has 3 unspecified atom stereocenters. The van der Waals surface area contributed by atoms with E-state index in [9.17, 15) is 19.5 Å². The lowest BCUT2D eigenvalue weighted by molar-refractivity contribution is -0.149. The number of aliphatic carboxylic acids is 1. The Morgan fingerprint density at radius 1 is 1.27 bits per heavy atom. The molecule has 0 spiro atoms. The standard InChI is InChI=1S/C19H25ClN2O4/c1-11(2)16(21-17(23)14-6-4-5-7-15(14)20)18(24)22-9-8-13(19(25)26)12(3)10-22/h4-7,11-13,16H,8-10H2,1-3H3,(H,21,23)(H,25,26). The maximum Gasteiger partial charge on any atom is 0.306 e. The number of halogens is 1. The molecule has 26 heavy (non-hydrogen) atoms. The topological polar surface area (TPSA) is 86.7 Å². The van der Waals surface area contributed by atoms with Crippen LogP contribution in [-0.4, -0.2) is 46.9 Å². The molecule has 142 valence electrons. The van der Waals surface area contributed by atoms with Crippen LogP contribution in [-0.2, 0) is 9.59 Å². The van der Waals surface area contributed by atoms with E-state index in [1.165, 1.54) is 0 Å². The van der Waals surface area contributed by atoms with Crippen molar-refractivity contribution in [3.63, 3.8) is 0 Å². The van der Waals surface area contributed by atoms with Gasteiger partial charge in [0.1, 0.15) is 6.04 Å². The van der Waals surface area contributed by atoms with Crippen LogP contribution in [0.3, 0.4) is 0 Å². The first-order chi connectivity index (χ1) is 12.2. The van der Waals surface area contributed by atoms with Gasteiger partial charge in [-0.25, -0.2) is 0 Å². The Morgan fingerprint density at radius 2 is 1.92 bits per heavy atom. The first kappa shape index (κ1) is 20.2. The van der Waals surface area contributed by atoms with E-state index in [2.05, 4.69) is 5.32 Å².